The maximum absolute atomic E-state index is 12.6. The number of rotatable bonds is 5. The maximum Gasteiger partial charge on any atom is 0.277 e. The lowest BCUT2D eigenvalue weighted by Crippen LogP contribution is -2.29. The molecule has 0 spiro atoms. The van der Waals surface area contributed by atoms with Crippen molar-refractivity contribution in [1.29, 1.82) is 0 Å². The highest BCUT2D eigenvalue weighted by Crippen LogP contribution is 2.34. The summed E-state index contributed by atoms with van der Waals surface area (Å²) in [5.41, 5.74) is 1.57. The van der Waals surface area contributed by atoms with Gasteiger partial charge in [-0.05, 0) is 44.5 Å². The summed E-state index contributed by atoms with van der Waals surface area (Å²) in [7, 11) is 1.55. The molecule has 2 aliphatic heterocycles. The van der Waals surface area contributed by atoms with Gasteiger partial charge in [0.15, 0.2) is 5.69 Å². The Balaban J connectivity index is 1.47. The molecule has 2 fully saturated rings. The fourth-order valence-electron chi connectivity index (χ4n) is 3.71. The van der Waals surface area contributed by atoms with Gasteiger partial charge in [-0.15, -0.1) is 5.10 Å². The van der Waals surface area contributed by atoms with E-state index in [1.54, 1.807) is 41.1 Å². The van der Waals surface area contributed by atoms with E-state index in [0.29, 0.717) is 24.4 Å². The predicted octanol–water partition coefficient (Wildman–Crippen LogP) is 1.59. The molecule has 2 aromatic rings. The molecule has 1 aromatic carbocycles. The molecule has 0 bridgehead atoms. The Labute approximate surface area is 163 Å². The van der Waals surface area contributed by atoms with Crippen LogP contribution in [-0.4, -0.2) is 53.6 Å². The molecular weight excluding hydrogens is 360 g/mol. The van der Waals surface area contributed by atoms with Crippen molar-refractivity contribution in [3.8, 4) is 5.75 Å². The summed E-state index contributed by atoms with van der Waals surface area (Å²) in [5, 5.41) is 14.3. The quantitative estimate of drug-likeness (QED) is 0.812. The summed E-state index contributed by atoms with van der Waals surface area (Å²) in [6.45, 7) is 2.57. The molecule has 9 nitrogen and oxygen atoms in total. The number of amides is 2. The average Bonchev–Trinajstić information content (AvgIpc) is 3.38. The van der Waals surface area contributed by atoms with Crippen LogP contribution in [0.1, 0.15) is 42.2 Å². The largest absolute Gasteiger partial charge is 0.494 e. The molecule has 2 aliphatic rings. The van der Waals surface area contributed by atoms with Crippen molar-refractivity contribution in [3.63, 3.8) is 0 Å². The summed E-state index contributed by atoms with van der Waals surface area (Å²) in [5.74, 6) is 0.309. The number of hydrogen-bond acceptors (Lipinski definition) is 6. The Bertz CT molecular complexity index is 874. The van der Waals surface area contributed by atoms with Gasteiger partial charge in [-0.3, -0.25) is 9.59 Å². The van der Waals surface area contributed by atoms with Crippen molar-refractivity contribution in [2.75, 3.05) is 37.0 Å². The SMILES string of the molecule is COc1cc(NC(=O)c2cn(C3CCNCC3)nn2)ccc1N1CCCC1=O. The van der Waals surface area contributed by atoms with E-state index in [-0.39, 0.29) is 23.6 Å². The molecule has 2 N–H and O–H groups in total. The van der Waals surface area contributed by atoms with Crippen LogP contribution in [-0.2, 0) is 4.79 Å². The molecule has 0 saturated carbocycles. The van der Waals surface area contributed by atoms with Gasteiger partial charge in [-0.2, -0.15) is 0 Å². The number of nitrogens with one attached hydrogen (secondary N) is 2. The fourth-order valence-corrected chi connectivity index (χ4v) is 3.71. The van der Waals surface area contributed by atoms with Gasteiger partial charge in [0.25, 0.3) is 5.91 Å². The van der Waals surface area contributed by atoms with Crippen molar-refractivity contribution >= 4 is 23.2 Å². The number of methoxy groups -OCH3 is 1. The first kappa shape index (κ1) is 18.4. The Kier molecular flexibility index (Phi) is 5.25. The van der Waals surface area contributed by atoms with Crippen molar-refractivity contribution < 1.29 is 14.3 Å². The van der Waals surface area contributed by atoms with Crippen molar-refractivity contribution in [3.05, 3.63) is 30.1 Å². The lowest BCUT2D eigenvalue weighted by molar-refractivity contribution is -0.117. The minimum absolute atomic E-state index is 0.0876. The van der Waals surface area contributed by atoms with E-state index < -0.39 is 0 Å². The first-order valence-electron chi connectivity index (χ1n) is 9.58. The van der Waals surface area contributed by atoms with E-state index in [4.69, 9.17) is 4.74 Å². The van der Waals surface area contributed by atoms with Crippen LogP contribution in [0.2, 0.25) is 0 Å². The number of nitrogens with zero attached hydrogens (tertiary/aromatic N) is 4. The number of piperidine rings is 1. The Morgan fingerprint density at radius 2 is 2.14 bits per heavy atom. The van der Waals surface area contributed by atoms with Gasteiger partial charge in [0.05, 0.1) is 25.0 Å². The highest BCUT2D eigenvalue weighted by Gasteiger charge is 2.25. The van der Waals surface area contributed by atoms with Crippen molar-refractivity contribution in [2.45, 2.75) is 31.7 Å². The van der Waals surface area contributed by atoms with Gasteiger partial charge in [0, 0.05) is 24.7 Å². The third-order valence-corrected chi connectivity index (χ3v) is 5.23. The third kappa shape index (κ3) is 3.70. The normalized spacial score (nSPS) is 17.8. The van der Waals surface area contributed by atoms with E-state index in [2.05, 4.69) is 20.9 Å². The van der Waals surface area contributed by atoms with Crippen molar-refractivity contribution in [1.82, 2.24) is 20.3 Å². The van der Waals surface area contributed by atoms with Crippen LogP contribution in [0, 0.1) is 0 Å². The lowest BCUT2D eigenvalue weighted by atomic mass is 10.1. The second-order valence-electron chi connectivity index (χ2n) is 7.05. The molecule has 148 valence electrons. The molecule has 1 aromatic heterocycles. The van der Waals surface area contributed by atoms with Gasteiger partial charge in [-0.25, -0.2) is 4.68 Å². The van der Waals surface area contributed by atoms with Crippen LogP contribution in [0.15, 0.2) is 24.4 Å². The molecule has 0 aliphatic carbocycles. The average molecular weight is 384 g/mol. The zero-order valence-corrected chi connectivity index (χ0v) is 15.9. The van der Waals surface area contributed by atoms with Crippen LogP contribution in [0.3, 0.4) is 0 Å². The standard InChI is InChI=1S/C19H24N6O3/c1-28-17-11-13(4-5-16(17)24-10-2-3-18(24)26)21-19(27)15-12-25(23-22-15)14-6-8-20-9-7-14/h4-5,11-12,14,20H,2-3,6-10H2,1H3,(H,21,27). The lowest BCUT2D eigenvalue weighted by Gasteiger charge is -2.22. The molecule has 2 amide bonds. The highest BCUT2D eigenvalue weighted by molar-refractivity contribution is 6.03. The minimum Gasteiger partial charge on any atom is -0.494 e. The molecule has 2 saturated heterocycles. The van der Waals surface area contributed by atoms with Gasteiger partial charge in [-0.1, -0.05) is 5.21 Å². The number of benzene rings is 1. The molecule has 3 heterocycles. The topological polar surface area (TPSA) is 101 Å². The van der Waals surface area contributed by atoms with Crippen LogP contribution in [0.4, 0.5) is 11.4 Å². The van der Waals surface area contributed by atoms with Gasteiger partial charge < -0.3 is 20.3 Å². The zero-order valence-electron chi connectivity index (χ0n) is 15.9. The summed E-state index contributed by atoms with van der Waals surface area (Å²) in [6, 6.07) is 5.55. The molecule has 4 rings (SSSR count). The van der Waals surface area contributed by atoms with Crippen LogP contribution in [0.5, 0.6) is 5.75 Å². The predicted molar refractivity (Wildman–Crippen MR) is 104 cm³/mol. The second kappa shape index (κ2) is 7.97. The Hall–Kier alpha value is -2.94. The molecule has 0 unspecified atom stereocenters. The third-order valence-electron chi connectivity index (χ3n) is 5.23. The Morgan fingerprint density at radius 3 is 2.86 bits per heavy atom. The molecular formula is C19H24N6O3. The maximum atomic E-state index is 12.6. The van der Waals surface area contributed by atoms with Gasteiger partial charge >= 0.3 is 0 Å². The molecule has 28 heavy (non-hydrogen) atoms. The number of carbonyl (C=O) groups excluding carboxylic acids is 2. The fraction of sp³-hybridized carbons (Fsp3) is 0.474. The number of hydrogen-bond donors (Lipinski definition) is 2. The molecule has 0 radical (unpaired) electrons. The van der Waals surface area contributed by atoms with Crippen molar-refractivity contribution in [2.24, 2.45) is 0 Å². The number of carbonyl (C=O) groups is 2. The number of aromatic nitrogens is 3. The van der Waals surface area contributed by atoms with E-state index in [1.165, 1.54) is 0 Å². The van der Waals surface area contributed by atoms with E-state index in [9.17, 15) is 9.59 Å². The summed E-state index contributed by atoms with van der Waals surface area (Å²) in [6.07, 6.45) is 5.03. The van der Waals surface area contributed by atoms with Crippen LogP contribution >= 0.6 is 0 Å². The van der Waals surface area contributed by atoms with E-state index in [0.717, 1.165) is 38.0 Å². The minimum atomic E-state index is -0.327. The van der Waals surface area contributed by atoms with Crippen LogP contribution < -0.4 is 20.3 Å². The first-order valence-corrected chi connectivity index (χ1v) is 9.58. The molecule has 0 atom stereocenters. The van der Waals surface area contributed by atoms with E-state index in [1.807, 2.05) is 0 Å². The zero-order chi connectivity index (χ0) is 19.5. The van der Waals surface area contributed by atoms with E-state index >= 15 is 0 Å². The number of anilines is 2. The van der Waals surface area contributed by atoms with Crippen LogP contribution in [0.25, 0.3) is 0 Å². The monoisotopic (exact) mass is 384 g/mol. The summed E-state index contributed by atoms with van der Waals surface area (Å²) < 4.78 is 7.21. The highest BCUT2D eigenvalue weighted by atomic mass is 16.5. The van der Waals surface area contributed by atoms with Gasteiger partial charge in [0.2, 0.25) is 5.91 Å². The number of ether oxygens (including phenoxy) is 1. The summed E-state index contributed by atoms with van der Waals surface area (Å²) in [4.78, 5) is 26.3. The first-order chi connectivity index (χ1) is 13.7. The smallest absolute Gasteiger partial charge is 0.277 e. The van der Waals surface area contributed by atoms with Gasteiger partial charge in [0.1, 0.15) is 5.75 Å². The molecule has 9 heteroatoms. The second-order valence-corrected chi connectivity index (χ2v) is 7.05. The Morgan fingerprint density at radius 1 is 1.32 bits per heavy atom. The summed E-state index contributed by atoms with van der Waals surface area (Å²) >= 11 is 0.